The molecular weight excluding hydrogens is 347 g/mol. The van der Waals surface area contributed by atoms with Crippen LogP contribution in [0.4, 0.5) is 10.1 Å². The third kappa shape index (κ3) is 4.71. The van der Waals surface area contributed by atoms with Crippen LogP contribution in [0.15, 0.2) is 48.5 Å². The van der Waals surface area contributed by atoms with Crippen LogP contribution < -0.4 is 15.0 Å². The van der Waals surface area contributed by atoms with Gasteiger partial charge in [0.2, 0.25) is 5.91 Å². The lowest BCUT2D eigenvalue weighted by molar-refractivity contribution is -0.674. The van der Waals surface area contributed by atoms with Crippen molar-refractivity contribution in [3.8, 4) is 5.75 Å². The Morgan fingerprint density at radius 2 is 1.81 bits per heavy atom. The van der Waals surface area contributed by atoms with Gasteiger partial charge in [-0.05, 0) is 48.4 Å². The zero-order valence-corrected chi connectivity index (χ0v) is 15.4. The number of halogens is 1. The number of benzene rings is 2. The van der Waals surface area contributed by atoms with E-state index in [1.54, 1.807) is 36.4 Å². The molecule has 6 heteroatoms. The molecule has 0 aliphatic carbocycles. The van der Waals surface area contributed by atoms with Crippen molar-refractivity contribution in [1.29, 1.82) is 0 Å². The number of anilines is 1. The second kappa shape index (κ2) is 8.77. The molecule has 27 heavy (non-hydrogen) atoms. The minimum atomic E-state index is -0.408. The second-order valence-corrected chi connectivity index (χ2v) is 6.62. The topological polar surface area (TPSA) is 63.2 Å². The standard InChI is InChI=1S/C21H23FN2O3/c1-2-13-27-18-9-7-17(8-10-18)24-20(25)14-19(21(24)26)23-12-11-15-3-5-16(22)6-4-15/h3-10,19,23H,2,11-14H2,1H3/p+1/t19-/m1/s1. The lowest BCUT2D eigenvalue weighted by Gasteiger charge is -2.15. The highest BCUT2D eigenvalue weighted by Gasteiger charge is 2.42. The van der Waals surface area contributed by atoms with Crippen LogP contribution in [0.3, 0.4) is 0 Å². The lowest BCUT2D eigenvalue weighted by atomic mass is 10.1. The predicted octanol–water partition coefficient (Wildman–Crippen LogP) is 2.05. The molecule has 3 rings (SSSR count). The molecule has 142 valence electrons. The fraction of sp³-hybridized carbons (Fsp3) is 0.333. The number of quaternary nitrogens is 1. The molecule has 0 saturated carbocycles. The molecule has 1 aliphatic heterocycles. The van der Waals surface area contributed by atoms with Gasteiger partial charge >= 0.3 is 0 Å². The number of amides is 2. The Morgan fingerprint density at radius 3 is 2.48 bits per heavy atom. The first-order valence-corrected chi connectivity index (χ1v) is 9.26. The third-order valence-corrected chi connectivity index (χ3v) is 4.55. The average Bonchev–Trinajstić information content (AvgIpc) is 2.96. The molecule has 1 fully saturated rings. The first kappa shape index (κ1) is 19.0. The van der Waals surface area contributed by atoms with E-state index in [9.17, 15) is 14.0 Å². The maximum absolute atomic E-state index is 12.9. The van der Waals surface area contributed by atoms with E-state index in [2.05, 4.69) is 0 Å². The highest BCUT2D eigenvalue weighted by molar-refractivity contribution is 6.21. The van der Waals surface area contributed by atoms with Crippen LogP contribution in [-0.2, 0) is 16.0 Å². The molecule has 5 nitrogen and oxygen atoms in total. The smallest absolute Gasteiger partial charge is 0.292 e. The van der Waals surface area contributed by atoms with Crippen LogP contribution in [0.1, 0.15) is 25.3 Å². The highest BCUT2D eigenvalue weighted by Crippen LogP contribution is 2.24. The van der Waals surface area contributed by atoms with Crippen LogP contribution in [0.5, 0.6) is 5.75 Å². The zero-order chi connectivity index (χ0) is 19.2. The van der Waals surface area contributed by atoms with Crippen molar-refractivity contribution in [2.45, 2.75) is 32.2 Å². The Morgan fingerprint density at radius 1 is 1.11 bits per heavy atom. The molecule has 2 aromatic rings. The van der Waals surface area contributed by atoms with Gasteiger partial charge in [0.25, 0.3) is 5.91 Å². The van der Waals surface area contributed by atoms with Crippen molar-refractivity contribution >= 4 is 17.5 Å². The summed E-state index contributed by atoms with van der Waals surface area (Å²) < 4.78 is 18.5. The van der Waals surface area contributed by atoms with Crippen molar-refractivity contribution in [3.63, 3.8) is 0 Å². The van der Waals surface area contributed by atoms with E-state index in [1.807, 2.05) is 12.2 Å². The van der Waals surface area contributed by atoms with Crippen molar-refractivity contribution in [3.05, 3.63) is 59.9 Å². The SMILES string of the molecule is CCCOc1ccc(N2C(=O)C[C@@H]([NH2+]CCc3ccc(F)cc3)C2=O)cc1. The number of hydrogen-bond acceptors (Lipinski definition) is 3. The van der Waals surface area contributed by atoms with E-state index in [4.69, 9.17) is 4.74 Å². The molecule has 0 spiro atoms. The van der Waals surface area contributed by atoms with Gasteiger partial charge in [-0.3, -0.25) is 9.59 Å². The van der Waals surface area contributed by atoms with Gasteiger partial charge in [-0.2, -0.15) is 0 Å². The number of hydrogen-bond donors (Lipinski definition) is 1. The number of rotatable bonds is 8. The minimum absolute atomic E-state index is 0.190. The largest absolute Gasteiger partial charge is 0.494 e. The van der Waals surface area contributed by atoms with Crippen LogP contribution in [0, 0.1) is 5.82 Å². The van der Waals surface area contributed by atoms with Gasteiger partial charge in [-0.15, -0.1) is 0 Å². The van der Waals surface area contributed by atoms with E-state index in [0.717, 1.165) is 17.7 Å². The monoisotopic (exact) mass is 371 g/mol. The van der Waals surface area contributed by atoms with Crippen LogP contribution in [-0.4, -0.2) is 31.0 Å². The number of imide groups is 1. The van der Waals surface area contributed by atoms with Crippen molar-refractivity contribution in [1.82, 2.24) is 0 Å². The van der Waals surface area contributed by atoms with Gasteiger partial charge < -0.3 is 10.1 Å². The van der Waals surface area contributed by atoms with Gasteiger partial charge in [0.05, 0.1) is 25.3 Å². The number of carbonyl (C=O) groups excluding carboxylic acids is 2. The Bertz CT molecular complexity index is 790. The summed E-state index contributed by atoms with van der Waals surface area (Å²) in [7, 11) is 0. The summed E-state index contributed by atoms with van der Waals surface area (Å²) in [5.41, 5.74) is 1.58. The molecule has 0 aromatic heterocycles. The lowest BCUT2D eigenvalue weighted by Crippen LogP contribution is -2.92. The molecule has 0 radical (unpaired) electrons. The number of carbonyl (C=O) groups is 2. The van der Waals surface area contributed by atoms with E-state index >= 15 is 0 Å². The van der Waals surface area contributed by atoms with Gasteiger partial charge in [0.15, 0.2) is 6.04 Å². The molecule has 0 bridgehead atoms. The van der Waals surface area contributed by atoms with E-state index in [0.29, 0.717) is 25.3 Å². The summed E-state index contributed by atoms with van der Waals surface area (Å²) in [5.74, 6) is 0.0785. The predicted molar refractivity (Wildman–Crippen MR) is 100 cm³/mol. The van der Waals surface area contributed by atoms with Crippen molar-refractivity contribution < 1.29 is 24.0 Å². The second-order valence-electron chi connectivity index (χ2n) is 6.62. The number of nitrogens with zero attached hydrogens (tertiary/aromatic N) is 1. The fourth-order valence-electron chi connectivity index (χ4n) is 3.12. The van der Waals surface area contributed by atoms with E-state index in [1.165, 1.54) is 17.0 Å². The maximum atomic E-state index is 12.9. The van der Waals surface area contributed by atoms with Gasteiger partial charge in [-0.1, -0.05) is 19.1 Å². The summed E-state index contributed by atoms with van der Waals surface area (Å²) in [6.45, 7) is 3.32. The number of ether oxygens (including phenoxy) is 1. The summed E-state index contributed by atoms with van der Waals surface area (Å²) in [5, 5.41) is 1.89. The molecule has 2 amide bonds. The number of nitrogens with two attached hydrogens (primary N) is 1. The minimum Gasteiger partial charge on any atom is -0.494 e. The molecule has 1 heterocycles. The average molecular weight is 371 g/mol. The quantitative estimate of drug-likeness (QED) is 0.723. The molecule has 2 N–H and O–H groups in total. The van der Waals surface area contributed by atoms with Crippen molar-refractivity contribution in [2.24, 2.45) is 0 Å². The fourth-order valence-corrected chi connectivity index (χ4v) is 3.12. The molecule has 1 atom stereocenters. The zero-order valence-electron chi connectivity index (χ0n) is 15.4. The molecule has 0 unspecified atom stereocenters. The van der Waals surface area contributed by atoms with Crippen LogP contribution >= 0.6 is 0 Å². The maximum Gasteiger partial charge on any atom is 0.292 e. The first-order chi connectivity index (χ1) is 13.1. The summed E-state index contributed by atoms with van der Waals surface area (Å²) in [6, 6.07) is 12.9. The van der Waals surface area contributed by atoms with Crippen LogP contribution in [0.25, 0.3) is 0 Å². The molecular formula is C21H24FN2O3+. The van der Waals surface area contributed by atoms with Gasteiger partial charge in [-0.25, -0.2) is 9.29 Å². The Labute approximate surface area is 158 Å². The normalized spacial score (nSPS) is 16.8. The summed E-state index contributed by atoms with van der Waals surface area (Å²) in [4.78, 5) is 26.2. The summed E-state index contributed by atoms with van der Waals surface area (Å²) >= 11 is 0. The van der Waals surface area contributed by atoms with Crippen LogP contribution in [0.2, 0.25) is 0 Å². The van der Waals surface area contributed by atoms with Gasteiger partial charge in [0, 0.05) is 6.42 Å². The van der Waals surface area contributed by atoms with Gasteiger partial charge in [0.1, 0.15) is 11.6 Å². The Balaban J connectivity index is 1.56. The first-order valence-electron chi connectivity index (χ1n) is 9.26. The third-order valence-electron chi connectivity index (χ3n) is 4.55. The highest BCUT2D eigenvalue weighted by atomic mass is 19.1. The van der Waals surface area contributed by atoms with E-state index in [-0.39, 0.29) is 24.1 Å². The Kier molecular flexibility index (Phi) is 6.19. The molecule has 1 saturated heterocycles. The van der Waals surface area contributed by atoms with E-state index < -0.39 is 6.04 Å². The summed E-state index contributed by atoms with van der Waals surface area (Å²) in [6.07, 6.45) is 1.82. The molecule has 1 aliphatic rings. The Hall–Kier alpha value is -2.73. The van der Waals surface area contributed by atoms with Crippen molar-refractivity contribution in [2.75, 3.05) is 18.1 Å². The molecule has 2 aromatic carbocycles.